The van der Waals surface area contributed by atoms with Crippen LogP contribution in [-0.4, -0.2) is 87.5 Å². The van der Waals surface area contributed by atoms with Crippen molar-refractivity contribution < 1.29 is 39.8 Å². The zero-order valence-corrected chi connectivity index (χ0v) is 47.4. The monoisotopic (exact) mass is 1030 g/mol. The van der Waals surface area contributed by atoms with E-state index in [9.17, 15) is 30.3 Å². The van der Waals surface area contributed by atoms with E-state index >= 15 is 0 Å². The molecule has 0 spiro atoms. The van der Waals surface area contributed by atoms with Crippen molar-refractivity contribution in [3.63, 3.8) is 0 Å². The molecule has 1 aliphatic heterocycles. The molecular weight excluding hydrogens is 911 g/mol. The van der Waals surface area contributed by atoms with Gasteiger partial charge in [-0.05, 0) is 77.0 Å². The standard InChI is InChI=1S/C64H117NO8/c1-3-5-7-9-11-13-15-17-19-21-23-24-25-26-27-28-29-30-31-32-33-34-36-38-40-42-44-46-48-50-52-54-60(68)65-57(56-72-64-63(71)62(70)61(69)59(55-66)73-64)58(67)53-51-49-47-45-43-41-39-37-35-22-20-18-16-14-12-10-8-6-4-2/h15,17,21,23,35,37,43,45,51,53,57-59,61-64,66-67,69-71H,3-14,16,18-20,22,24-34,36,38-42,44,46-50,52,54-56H2,1-2H3,(H,65,68)/b17-15-,23-21-,37-35+,45-43+,53-51+. The molecule has 0 aromatic heterocycles. The lowest BCUT2D eigenvalue weighted by molar-refractivity contribution is -0.302. The molecule has 0 aromatic rings. The quantitative estimate of drug-likeness (QED) is 0.0261. The number of rotatable bonds is 53. The highest BCUT2D eigenvalue weighted by Gasteiger charge is 2.44. The van der Waals surface area contributed by atoms with Crippen molar-refractivity contribution in [2.45, 2.75) is 326 Å². The third-order valence-corrected chi connectivity index (χ3v) is 14.5. The zero-order chi connectivity index (χ0) is 52.9. The van der Waals surface area contributed by atoms with Crippen LogP contribution in [0.3, 0.4) is 0 Å². The molecule has 0 aromatic carbocycles. The Bertz CT molecular complexity index is 1330. The summed E-state index contributed by atoms with van der Waals surface area (Å²) in [6, 6.07) is -0.829. The van der Waals surface area contributed by atoms with E-state index in [-0.39, 0.29) is 12.5 Å². The molecule has 0 aliphatic carbocycles. The number of unbranched alkanes of at least 4 members (excludes halogenated alkanes) is 35. The number of ether oxygens (including phenoxy) is 2. The second kappa shape index (κ2) is 53.3. The van der Waals surface area contributed by atoms with E-state index in [2.05, 4.69) is 67.8 Å². The van der Waals surface area contributed by atoms with E-state index in [0.717, 1.165) is 51.4 Å². The van der Waals surface area contributed by atoms with Crippen molar-refractivity contribution in [3.05, 3.63) is 60.8 Å². The van der Waals surface area contributed by atoms with Gasteiger partial charge in [-0.25, -0.2) is 0 Å². The molecule has 1 aliphatic rings. The van der Waals surface area contributed by atoms with Crippen LogP contribution in [0.2, 0.25) is 0 Å². The maximum atomic E-state index is 13.1. The van der Waals surface area contributed by atoms with Gasteiger partial charge in [0.1, 0.15) is 24.4 Å². The Morgan fingerprint density at radius 3 is 1.23 bits per heavy atom. The Balaban J connectivity index is 2.18. The molecule has 7 unspecified atom stereocenters. The molecule has 6 N–H and O–H groups in total. The third-order valence-electron chi connectivity index (χ3n) is 14.5. The normalized spacial score (nSPS) is 19.5. The molecule has 1 heterocycles. The van der Waals surface area contributed by atoms with Crippen LogP contribution in [0.25, 0.3) is 0 Å². The van der Waals surface area contributed by atoms with Crippen molar-refractivity contribution in [1.29, 1.82) is 0 Å². The molecule has 1 saturated heterocycles. The topological polar surface area (TPSA) is 149 Å². The van der Waals surface area contributed by atoms with Crippen LogP contribution in [0.5, 0.6) is 0 Å². The zero-order valence-electron chi connectivity index (χ0n) is 47.4. The molecular formula is C64H117NO8. The first-order chi connectivity index (χ1) is 35.8. The average molecular weight is 1030 g/mol. The van der Waals surface area contributed by atoms with Crippen molar-refractivity contribution in [2.24, 2.45) is 0 Å². The average Bonchev–Trinajstić information content (AvgIpc) is 3.39. The smallest absolute Gasteiger partial charge is 0.220 e. The fourth-order valence-electron chi connectivity index (χ4n) is 9.63. The van der Waals surface area contributed by atoms with Gasteiger partial charge in [0.15, 0.2) is 6.29 Å². The van der Waals surface area contributed by atoms with Crippen LogP contribution >= 0.6 is 0 Å². The highest BCUT2D eigenvalue weighted by Crippen LogP contribution is 2.23. The molecule has 0 bridgehead atoms. The molecule has 9 heteroatoms. The highest BCUT2D eigenvalue weighted by atomic mass is 16.7. The van der Waals surface area contributed by atoms with E-state index in [1.165, 1.54) is 212 Å². The first kappa shape index (κ1) is 68.9. The van der Waals surface area contributed by atoms with Crippen LogP contribution in [0, 0.1) is 0 Å². The number of aliphatic hydroxyl groups is 5. The third kappa shape index (κ3) is 42.7. The number of aliphatic hydroxyl groups excluding tert-OH is 5. The Kier molecular flexibility index (Phi) is 50.3. The fraction of sp³-hybridized carbons (Fsp3) is 0.828. The Morgan fingerprint density at radius 1 is 0.466 bits per heavy atom. The Morgan fingerprint density at radius 2 is 0.822 bits per heavy atom. The summed E-state index contributed by atoms with van der Waals surface area (Å²) in [4.78, 5) is 13.1. The van der Waals surface area contributed by atoms with Crippen molar-refractivity contribution >= 4 is 5.91 Å². The number of allylic oxidation sites excluding steroid dienone is 9. The van der Waals surface area contributed by atoms with E-state index in [0.29, 0.717) is 6.42 Å². The van der Waals surface area contributed by atoms with Crippen LogP contribution in [-0.2, 0) is 14.3 Å². The number of amides is 1. The van der Waals surface area contributed by atoms with E-state index in [1.54, 1.807) is 6.08 Å². The highest BCUT2D eigenvalue weighted by molar-refractivity contribution is 5.76. The van der Waals surface area contributed by atoms with Gasteiger partial charge < -0.3 is 40.3 Å². The van der Waals surface area contributed by atoms with Crippen LogP contribution in [0.15, 0.2) is 60.8 Å². The number of carbonyl (C=O) groups is 1. The fourth-order valence-corrected chi connectivity index (χ4v) is 9.63. The summed E-state index contributed by atoms with van der Waals surface area (Å²) < 4.78 is 11.3. The summed E-state index contributed by atoms with van der Waals surface area (Å²) in [5.74, 6) is -0.188. The largest absolute Gasteiger partial charge is 0.394 e. The minimum absolute atomic E-state index is 0.188. The van der Waals surface area contributed by atoms with Gasteiger partial charge in [0, 0.05) is 6.42 Å². The second-order valence-corrected chi connectivity index (χ2v) is 21.5. The van der Waals surface area contributed by atoms with Gasteiger partial charge in [0.05, 0.1) is 25.4 Å². The van der Waals surface area contributed by atoms with Gasteiger partial charge in [-0.2, -0.15) is 0 Å². The summed E-state index contributed by atoms with van der Waals surface area (Å²) in [5.41, 5.74) is 0. The van der Waals surface area contributed by atoms with Gasteiger partial charge in [0.25, 0.3) is 0 Å². The van der Waals surface area contributed by atoms with Crippen LogP contribution < -0.4 is 5.32 Å². The lowest BCUT2D eigenvalue weighted by atomic mass is 9.99. The minimum Gasteiger partial charge on any atom is -0.394 e. The maximum absolute atomic E-state index is 13.1. The van der Waals surface area contributed by atoms with E-state index in [4.69, 9.17) is 9.47 Å². The summed E-state index contributed by atoms with van der Waals surface area (Å²) in [6.07, 6.45) is 65.9. The van der Waals surface area contributed by atoms with E-state index in [1.807, 2.05) is 6.08 Å². The van der Waals surface area contributed by atoms with Crippen LogP contribution in [0.4, 0.5) is 0 Å². The second-order valence-electron chi connectivity index (χ2n) is 21.5. The first-order valence-electron chi connectivity index (χ1n) is 31.0. The SMILES string of the molecule is CCCCCCC/C=C\C/C=C\CCCCCCCCCCCCCCCCCCCCCC(=O)NC(COC1OC(CO)C(O)C(O)C1O)C(O)/C=C/CC/C=C/CC/C=C/CCCCCCCCCCC. The summed E-state index contributed by atoms with van der Waals surface area (Å²) in [7, 11) is 0. The predicted molar refractivity (Wildman–Crippen MR) is 309 cm³/mol. The number of hydrogen-bond acceptors (Lipinski definition) is 8. The van der Waals surface area contributed by atoms with E-state index < -0.39 is 49.5 Å². The predicted octanol–water partition coefficient (Wildman–Crippen LogP) is 15.9. The van der Waals surface area contributed by atoms with Crippen LogP contribution in [0.1, 0.15) is 284 Å². The Labute approximate surface area is 449 Å². The lowest BCUT2D eigenvalue weighted by Crippen LogP contribution is -2.60. The lowest BCUT2D eigenvalue weighted by Gasteiger charge is -2.40. The minimum atomic E-state index is -1.58. The summed E-state index contributed by atoms with van der Waals surface area (Å²) in [5, 5.41) is 54.5. The number of nitrogens with one attached hydrogen (secondary N) is 1. The van der Waals surface area contributed by atoms with Crippen molar-refractivity contribution in [2.75, 3.05) is 13.2 Å². The van der Waals surface area contributed by atoms with Gasteiger partial charge in [-0.1, -0.05) is 261 Å². The molecule has 9 nitrogen and oxygen atoms in total. The van der Waals surface area contributed by atoms with Gasteiger partial charge in [-0.15, -0.1) is 0 Å². The number of hydrogen-bond donors (Lipinski definition) is 6. The summed E-state index contributed by atoms with van der Waals surface area (Å²) >= 11 is 0. The van der Waals surface area contributed by atoms with Gasteiger partial charge >= 0.3 is 0 Å². The molecule has 1 fully saturated rings. The van der Waals surface area contributed by atoms with Gasteiger partial charge in [-0.3, -0.25) is 4.79 Å². The molecule has 426 valence electrons. The first-order valence-corrected chi connectivity index (χ1v) is 31.0. The maximum Gasteiger partial charge on any atom is 0.220 e. The van der Waals surface area contributed by atoms with Crippen molar-refractivity contribution in [1.82, 2.24) is 5.32 Å². The molecule has 1 rings (SSSR count). The molecule has 0 saturated carbocycles. The summed E-state index contributed by atoms with van der Waals surface area (Å²) in [6.45, 7) is 3.77. The molecule has 0 radical (unpaired) electrons. The molecule has 1 amide bonds. The molecule has 7 atom stereocenters. The Hall–Kier alpha value is -2.11. The van der Waals surface area contributed by atoms with Gasteiger partial charge in [0.2, 0.25) is 5.91 Å². The van der Waals surface area contributed by atoms with Crippen molar-refractivity contribution in [3.8, 4) is 0 Å². The number of carbonyl (C=O) groups excluding carboxylic acids is 1. The molecule has 73 heavy (non-hydrogen) atoms.